The Bertz CT molecular complexity index is 524. The molecule has 1 saturated heterocycles. The molecule has 8 heteroatoms. The number of nitrogens with two attached hydrogens (primary N) is 2. The van der Waals surface area contributed by atoms with E-state index in [2.05, 4.69) is 0 Å². The highest BCUT2D eigenvalue weighted by molar-refractivity contribution is 7.08. The van der Waals surface area contributed by atoms with Gasteiger partial charge in [0.25, 0.3) is 5.91 Å². The lowest BCUT2D eigenvalue weighted by Crippen LogP contribution is -2.54. The largest absolute Gasteiger partial charge is 0.370 e. The number of primary amides is 1. The predicted molar refractivity (Wildman–Crippen MR) is 78.6 cm³/mol. The number of thiophene rings is 1. The van der Waals surface area contributed by atoms with E-state index in [0.29, 0.717) is 31.7 Å². The maximum atomic E-state index is 12.2. The molecule has 114 valence electrons. The molecule has 7 nitrogen and oxygen atoms in total. The molecule has 1 aliphatic rings. The SMILES string of the molecule is NC(=O)CC(N)C(=O)N1CCN(C(=O)c2ccsc2)CC1. The van der Waals surface area contributed by atoms with Crippen molar-refractivity contribution in [3.05, 3.63) is 22.4 Å². The Morgan fingerprint density at radius 1 is 1.19 bits per heavy atom. The average molecular weight is 310 g/mol. The zero-order valence-electron chi connectivity index (χ0n) is 11.5. The van der Waals surface area contributed by atoms with Crippen molar-refractivity contribution in [3.8, 4) is 0 Å². The van der Waals surface area contributed by atoms with Gasteiger partial charge < -0.3 is 21.3 Å². The van der Waals surface area contributed by atoms with Crippen molar-refractivity contribution in [2.45, 2.75) is 12.5 Å². The summed E-state index contributed by atoms with van der Waals surface area (Å²) < 4.78 is 0. The summed E-state index contributed by atoms with van der Waals surface area (Å²) in [5, 5.41) is 3.67. The fraction of sp³-hybridized carbons (Fsp3) is 0.462. The standard InChI is InChI=1S/C13H18N4O3S/c14-10(7-11(15)18)13(20)17-4-2-16(3-5-17)12(19)9-1-6-21-8-9/h1,6,8,10H,2-5,7,14H2,(H2,15,18). The molecule has 0 bridgehead atoms. The van der Waals surface area contributed by atoms with Gasteiger partial charge in [-0.1, -0.05) is 0 Å². The molecule has 4 N–H and O–H groups in total. The van der Waals surface area contributed by atoms with Crippen LogP contribution in [-0.2, 0) is 9.59 Å². The summed E-state index contributed by atoms with van der Waals surface area (Å²) >= 11 is 1.47. The van der Waals surface area contributed by atoms with Gasteiger partial charge >= 0.3 is 0 Å². The molecule has 0 aliphatic carbocycles. The van der Waals surface area contributed by atoms with Crippen LogP contribution in [0.1, 0.15) is 16.8 Å². The third-order valence-electron chi connectivity index (χ3n) is 3.38. The summed E-state index contributed by atoms with van der Waals surface area (Å²) in [5.74, 6) is -0.914. The Labute approximate surface area is 126 Å². The lowest BCUT2D eigenvalue weighted by molar-refractivity contribution is -0.135. The van der Waals surface area contributed by atoms with Crippen molar-refractivity contribution >= 4 is 29.1 Å². The van der Waals surface area contributed by atoms with E-state index in [4.69, 9.17) is 11.5 Å². The highest BCUT2D eigenvalue weighted by Gasteiger charge is 2.28. The summed E-state index contributed by atoms with van der Waals surface area (Å²) in [6, 6.07) is 0.884. The number of carbonyl (C=O) groups is 3. The average Bonchev–Trinajstić information content (AvgIpc) is 2.99. The highest BCUT2D eigenvalue weighted by Crippen LogP contribution is 2.12. The minimum absolute atomic E-state index is 0.0233. The number of piperazine rings is 1. The van der Waals surface area contributed by atoms with Crippen molar-refractivity contribution in [2.24, 2.45) is 11.5 Å². The van der Waals surface area contributed by atoms with Gasteiger partial charge in [0.1, 0.15) is 0 Å². The van der Waals surface area contributed by atoms with E-state index in [1.54, 1.807) is 15.9 Å². The minimum atomic E-state index is -0.901. The molecule has 2 heterocycles. The fourth-order valence-electron chi connectivity index (χ4n) is 2.24. The molecule has 0 spiro atoms. The zero-order chi connectivity index (χ0) is 15.4. The maximum absolute atomic E-state index is 12.2. The first kappa shape index (κ1) is 15.5. The van der Waals surface area contributed by atoms with Gasteiger partial charge in [0.2, 0.25) is 11.8 Å². The van der Waals surface area contributed by atoms with Gasteiger partial charge in [-0.05, 0) is 11.4 Å². The Balaban J connectivity index is 1.87. The van der Waals surface area contributed by atoms with E-state index in [-0.39, 0.29) is 18.2 Å². The van der Waals surface area contributed by atoms with E-state index < -0.39 is 11.9 Å². The second kappa shape index (κ2) is 6.68. The third-order valence-corrected chi connectivity index (χ3v) is 4.07. The van der Waals surface area contributed by atoms with Crippen LogP contribution in [0.3, 0.4) is 0 Å². The van der Waals surface area contributed by atoms with Gasteiger partial charge in [0, 0.05) is 31.6 Å². The third kappa shape index (κ3) is 3.79. The molecule has 1 fully saturated rings. The molecule has 1 aliphatic heterocycles. The summed E-state index contributed by atoms with van der Waals surface area (Å²) in [6.07, 6.45) is -0.160. The molecular weight excluding hydrogens is 292 g/mol. The van der Waals surface area contributed by atoms with Crippen LogP contribution < -0.4 is 11.5 Å². The maximum Gasteiger partial charge on any atom is 0.254 e. The van der Waals surface area contributed by atoms with Crippen molar-refractivity contribution < 1.29 is 14.4 Å². The van der Waals surface area contributed by atoms with Crippen LogP contribution >= 0.6 is 11.3 Å². The van der Waals surface area contributed by atoms with Crippen LogP contribution in [0.15, 0.2) is 16.8 Å². The number of amides is 3. The Morgan fingerprint density at radius 3 is 2.33 bits per heavy atom. The van der Waals surface area contributed by atoms with Crippen LogP contribution in [0.2, 0.25) is 0 Å². The van der Waals surface area contributed by atoms with E-state index in [0.717, 1.165) is 0 Å². The van der Waals surface area contributed by atoms with Gasteiger partial charge in [0.05, 0.1) is 18.0 Å². The fourth-order valence-corrected chi connectivity index (χ4v) is 2.87. The summed E-state index contributed by atoms with van der Waals surface area (Å²) in [7, 11) is 0. The molecule has 0 saturated carbocycles. The van der Waals surface area contributed by atoms with Gasteiger partial charge in [0.15, 0.2) is 0 Å². The monoisotopic (exact) mass is 310 g/mol. The molecular formula is C13H18N4O3S. The molecule has 21 heavy (non-hydrogen) atoms. The van der Waals surface area contributed by atoms with E-state index in [1.165, 1.54) is 11.3 Å². The van der Waals surface area contributed by atoms with Gasteiger partial charge in [-0.3, -0.25) is 14.4 Å². The Morgan fingerprint density at radius 2 is 1.81 bits per heavy atom. The van der Waals surface area contributed by atoms with Crippen molar-refractivity contribution in [3.63, 3.8) is 0 Å². The number of rotatable bonds is 4. The van der Waals surface area contributed by atoms with Crippen molar-refractivity contribution in [2.75, 3.05) is 26.2 Å². The van der Waals surface area contributed by atoms with E-state index in [9.17, 15) is 14.4 Å². The molecule has 0 radical (unpaired) electrons. The second-order valence-corrected chi connectivity index (χ2v) is 5.69. The second-order valence-electron chi connectivity index (χ2n) is 4.91. The number of hydrogen-bond acceptors (Lipinski definition) is 5. The molecule has 1 unspecified atom stereocenters. The number of hydrogen-bond donors (Lipinski definition) is 2. The topological polar surface area (TPSA) is 110 Å². The quantitative estimate of drug-likeness (QED) is 0.761. The normalized spacial score (nSPS) is 16.6. The molecule has 1 atom stereocenters. The molecule has 2 rings (SSSR count). The smallest absolute Gasteiger partial charge is 0.254 e. The Hall–Kier alpha value is -1.93. The highest BCUT2D eigenvalue weighted by atomic mass is 32.1. The molecule has 3 amide bonds. The molecule has 1 aromatic heterocycles. The summed E-state index contributed by atoms with van der Waals surface area (Å²) in [6.45, 7) is 1.76. The van der Waals surface area contributed by atoms with Gasteiger partial charge in [-0.15, -0.1) is 0 Å². The van der Waals surface area contributed by atoms with Gasteiger partial charge in [-0.2, -0.15) is 11.3 Å². The van der Waals surface area contributed by atoms with Crippen LogP contribution in [-0.4, -0.2) is 59.7 Å². The Kier molecular flexibility index (Phi) is 4.92. The first-order chi connectivity index (χ1) is 9.99. The van der Waals surface area contributed by atoms with Crippen molar-refractivity contribution in [1.29, 1.82) is 0 Å². The molecule has 1 aromatic rings. The summed E-state index contributed by atoms with van der Waals surface area (Å²) in [4.78, 5) is 38.3. The van der Waals surface area contributed by atoms with Crippen molar-refractivity contribution in [1.82, 2.24) is 9.80 Å². The first-order valence-corrected chi connectivity index (χ1v) is 7.57. The first-order valence-electron chi connectivity index (χ1n) is 6.63. The lowest BCUT2D eigenvalue weighted by Gasteiger charge is -2.35. The number of carbonyl (C=O) groups excluding carboxylic acids is 3. The van der Waals surface area contributed by atoms with Crippen LogP contribution in [0.4, 0.5) is 0 Å². The molecule has 0 aromatic carbocycles. The van der Waals surface area contributed by atoms with Crippen LogP contribution in [0.25, 0.3) is 0 Å². The minimum Gasteiger partial charge on any atom is -0.370 e. The predicted octanol–water partition coefficient (Wildman–Crippen LogP) is -0.765. The van der Waals surface area contributed by atoms with E-state index in [1.807, 2.05) is 10.8 Å². The lowest BCUT2D eigenvalue weighted by atomic mass is 10.1. The van der Waals surface area contributed by atoms with Gasteiger partial charge in [-0.25, -0.2) is 0 Å². The van der Waals surface area contributed by atoms with E-state index >= 15 is 0 Å². The summed E-state index contributed by atoms with van der Waals surface area (Å²) in [5.41, 5.74) is 11.4. The number of nitrogens with zero attached hydrogens (tertiary/aromatic N) is 2. The van der Waals surface area contributed by atoms with Crippen LogP contribution in [0, 0.1) is 0 Å². The zero-order valence-corrected chi connectivity index (χ0v) is 12.3. The van der Waals surface area contributed by atoms with Crippen LogP contribution in [0.5, 0.6) is 0 Å².